The Morgan fingerprint density at radius 1 is 1.20 bits per heavy atom. The molecule has 2 aliphatic rings. The molecule has 0 saturated carbocycles. The van der Waals surface area contributed by atoms with Crippen molar-refractivity contribution in [3.05, 3.63) is 47.1 Å². The van der Waals surface area contributed by atoms with Crippen LogP contribution in [0.5, 0.6) is 0 Å². The topological polar surface area (TPSA) is 0 Å². The molecule has 0 aromatic heterocycles. The van der Waals surface area contributed by atoms with Crippen LogP contribution in [0, 0.1) is 18.1 Å². The summed E-state index contributed by atoms with van der Waals surface area (Å²) >= 11 is 1.45. The quantitative estimate of drug-likeness (QED) is 0.294. The maximum absolute atomic E-state index is 3.19. The third kappa shape index (κ3) is 16.7. The van der Waals surface area contributed by atoms with Crippen molar-refractivity contribution >= 4 is 5.49 Å². The number of rotatable bonds is 0. The van der Waals surface area contributed by atoms with Crippen LogP contribution in [-0.4, -0.2) is 5.49 Å². The molecule has 0 aromatic carbocycles. The fraction of sp³-hybridized carbons (Fsp3) is 0.500. The van der Waals surface area contributed by atoms with Crippen LogP contribution in [0.3, 0.4) is 0 Å². The molecule has 0 fully saturated rings. The zero-order valence-electron chi connectivity index (χ0n) is 13.3. The number of hydrogen-bond donors (Lipinski definition) is 0. The second kappa shape index (κ2) is 14.6. The van der Waals surface area contributed by atoms with E-state index in [0.717, 1.165) is 6.42 Å². The van der Waals surface area contributed by atoms with Gasteiger partial charge in [-0.1, -0.05) is 26.7 Å². The largest absolute Gasteiger partial charge is 1.00 e. The first kappa shape index (κ1) is 25.6. The van der Waals surface area contributed by atoms with E-state index in [-0.39, 0.29) is 30.3 Å². The molecular formula is C16H24Cl2HfSi-2. The molecule has 0 heterocycles. The molecule has 2 aliphatic carbocycles. The first-order chi connectivity index (χ1) is 8.31. The summed E-state index contributed by atoms with van der Waals surface area (Å²) in [5.41, 5.74) is 4.32. The van der Waals surface area contributed by atoms with Crippen molar-refractivity contribution < 1.29 is 47.8 Å². The smallest absolute Gasteiger partial charge is 1.00 e. The Hall–Kier alpha value is 0.627. The van der Waals surface area contributed by atoms with Crippen molar-refractivity contribution in [1.29, 1.82) is 0 Å². The van der Waals surface area contributed by atoms with E-state index < -0.39 is 0 Å². The van der Waals surface area contributed by atoms with Gasteiger partial charge in [0.05, 0.1) is 0 Å². The van der Waals surface area contributed by atoms with Crippen molar-refractivity contribution in [2.75, 3.05) is 0 Å². The minimum Gasteiger partial charge on any atom is -1.00 e. The van der Waals surface area contributed by atoms with E-state index >= 15 is 0 Å². The predicted octanol–water partition coefficient (Wildman–Crippen LogP) is -1.18. The van der Waals surface area contributed by atoms with Gasteiger partial charge >= 0.3 is 41.6 Å². The Bertz CT molecular complexity index is 403. The van der Waals surface area contributed by atoms with Gasteiger partial charge in [-0.25, -0.2) is 23.3 Å². The van der Waals surface area contributed by atoms with Crippen LogP contribution in [0.1, 0.15) is 34.1 Å². The van der Waals surface area contributed by atoms with Crippen molar-refractivity contribution in [3.63, 3.8) is 0 Å². The number of allylic oxidation sites excluding steroid dienone is 8. The van der Waals surface area contributed by atoms with E-state index in [4.69, 9.17) is 0 Å². The maximum Gasteiger partial charge on any atom is -1.00 e. The van der Waals surface area contributed by atoms with Gasteiger partial charge in [0.2, 0.25) is 0 Å². The zero-order chi connectivity index (χ0) is 14.1. The Kier molecular flexibility index (Phi) is 18.6. The molecule has 0 radical (unpaired) electrons. The molecule has 1 unspecified atom stereocenters. The van der Waals surface area contributed by atoms with E-state index in [1.165, 1.54) is 39.7 Å². The van der Waals surface area contributed by atoms with Crippen LogP contribution in [-0.2, 0) is 23.0 Å². The molecule has 0 spiro atoms. The molecule has 112 valence electrons. The van der Waals surface area contributed by atoms with Crippen LogP contribution in [0.25, 0.3) is 0 Å². The first-order valence-corrected chi connectivity index (χ1v) is 14.2. The Morgan fingerprint density at radius 2 is 1.70 bits per heavy atom. The molecule has 0 aliphatic heterocycles. The van der Waals surface area contributed by atoms with Gasteiger partial charge in [0.25, 0.3) is 0 Å². The minimum absolute atomic E-state index is 0. The average molecular weight is 494 g/mol. The van der Waals surface area contributed by atoms with Gasteiger partial charge in [-0.3, -0.25) is 12.2 Å². The first-order valence-electron chi connectivity index (χ1n) is 6.35. The molecular weight excluding hydrogens is 470 g/mol. The molecule has 0 nitrogen and oxygen atoms in total. The van der Waals surface area contributed by atoms with Crippen LogP contribution < -0.4 is 24.8 Å². The SMILES string of the molecule is CC1=CC(C)[C-]=C1.CC1=[C-]CC(C)=C1.C[Si](C)=[Hf+2].[Cl-].[Cl-]. The second-order valence-electron chi connectivity index (χ2n) is 5.04. The summed E-state index contributed by atoms with van der Waals surface area (Å²) in [4.78, 5) is 0. The Balaban J connectivity index is -0.000000215. The molecule has 0 bridgehead atoms. The van der Waals surface area contributed by atoms with Crippen molar-refractivity contribution in [2.24, 2.45) is 5.92 Å². The fourth-order valence-corrected chi connectivity index (χ4v) is 1.50. The summed E-state index contributed by atoms with van der Waals surface area (Å²) in [5, 5.41) is 0. The van der Waals surface area contributed by atoms with E-state index in [1.807, 2.05) is 6.08 Å². The summed E-state index contributed by atoms with van der Waals surface area (Å²) in [5.74, 6) is 0.556. The van der Waals surface area contributed by atoms with Crippen LogP contribution in [0.2, 0.25) is 13.1 Å². The zero-order valence-corrected chi connectivity index (χ0v) is 19.4. The molecule has 0 N–H and O–H groups in total. The third-order valence-corrected chi connectivity index (χ3v) is 2.20. The molecule has 0 amide bonds. The van der Waals surface area contributed by atoms with Gasteiger partial charge in [-0.2, -0.15) is 11.6 Å². The standard InChI is InChI=1S/2C7H9.C2H6Si.2ClH.Hf/c2*1-6-3-4-7(2)5-6;1-3-2;;;/h5H,3H2,1-2H3;3,5,7H,1-2H3;1-2H3;2*1H;/q2*-1;;;;+2/p-2. The maximum atomic E-state index is 3.19. The summed E-state index contributed by atoms with van der Waals surface area (Å²) in [6.45, 7) is 13.1. The van der Waals surface area contributed by atoms with E-state index in [0.29, 0.717) is 5.92 Å². The van der Waals surface area contributed by atoms with Gasteiger partial charge in [0.15, 0.2) is 0 Å². The van der Waals surface area contributed by atoms with E-state index in [1.54, 1.807) is 0 Å². The average Bonchev–Trinajstić information content (AvgIpc) is 2.76. The van der Waals surface area contributed by atoms with E-state index in [9.17, 15) is 0 Å². The van der Waals surface area contributed by atoms with Gasteiger partial charge in [-0.05, 0) is 0 Å². The summed E-state index contributed by atoms with van der Waals surface area (Å²) in [6.07, 6.45) is 13.8. The number of hydrogen-bond acceptors (Lipinski definition) is 0. The molecule has 1 atom stereocenters. The second-order valence-corrected chi connectivity index (χ2v) is 17.8. The van der Waals surface area contributed by atoms with Crippen LogP contribution in [0.4, 0.5) is 0 Å². The van der Waals surface area contributed by atoms with Crippen LogP contribution >= 0.6 is 0 Å². The number of halogens is 2. The van der Waals surface area contributed by atoms with Gasteiger partial charge < -0.3 is 24.8 Å². The third-order valence-electron chi connectivity index (χ3n) is 2.20. The van der Waals surface area contributed by atoms with Crippen molar-refractivity contribution in [1.82, 2.24) is 0 Å². The molecule has 2 rings (SSSR count). The minimum atomic E-state index is 0. The molecule has 0 aromatic rings. The van der Waals surface area contributed by atoms with Crippen molar-refractivity contribution in [2.45, 2.75) is 47.2 Å². The predicted molar refractivity (Wildman–Crippen MR) is 79.0 cm³/mol. The van der Waals surface area contributed by atoms with Crippen molar-refractivity contribution in [3.8, 4) is 0 Å². The molecule has 20 heavy (non-hydrogen) atoms. The van der Waals surface area contributed by atoms with E-state index in [2.05, 4.69) is 65.1 Å². The summed E-state index contributed by atoms with van der Waals surface area (Å²) in [7, 11) is 0. The van der Waals surface area contributed by atoms with Gasteiger partial charge in [0, 0.05) is 0 Å². The summed E-state index contributed by atoms with van der Waals surface area (Å²) in [6, 6.07) is 0. The monoisotopic (exact) mass is 494 g/mol. The summed E-state index contributed by atoms with van der Waals surface area (Å²) < 4.78 is 0. The van der Waals surface area contributed by atoms with Gasteiger partial charge in [0.1, 0.15) is 0 Å². The fourth-order valence-electron chi connectivity index (χ4n) is 1.50. The Labute approximate surface area is 152 Å². The molecule has 0 saturated heterocycles. The Morgan fingerprint density at radius 3 is 1.80 bits per heavy atom. The van der Waals surface area contributed by atoms with Gasteiger partial charge in [-0.15, -0.1) is 13.3 Å². The van der Waals surface area contributed by atoms with Crippen LogP contribution in [0.15, 0.2) is 34.9 Å². The normalized spacial score (nSPS) is 18.0. The molecule has 4 heteroatoms.